The van der Waals surface area contributed by atoms with Crippen LogP contribution in [0.15, 0.2) is 59.6 Å². The van der Waals surface area contributed by atoms with E-state index >= 15 is 0 Å². The molecule has 0 spiro atoms. The Morgan fingerprint density at radius 1 is 1.23 bits per heavy atom. The van der Waals surface area contributed by atoms with Crippen LogP contribution in [0, 0.1) is 0 Å². The highest BCUT2D eigenvalue weighted by molar-refractivity contribution is 8.26. The standard InChI is InChI=1S/C23H20ClN3O2S2/c1-3-11-26-22(28)20(31-23(26)30)13-16-14-27(17-7-5-4-6-8-17)25-21(16)15-9-10-19(29-2)18(24)12-15/h4-10,12-14H,3,11H2,1-2H3/b20-13-. The summed E-state index contributed by atoms with van der Waals surface area (Å²) in [4.78, 5) is 15.1. The molecule has 1 fully saturated rings. The number of carbonyl (C=O) groups is 1. The molecule has 0 atom stereocenters. The van der Waals surface area contributed by atoms with Crippen molar-refractivity contribution in [3.8, 4) is 22.7 Å². The maximum Gasteiger partial charge on any atom is 0.266 e. The Kier molecular flexibility index (Phi) is 6.46. The van der Waals surface area contributed by atoms with Gasteiger partial charge in [-0.05, 0) is 42.8 Å². The molecule has 0 bridgehead atoms. The number of aromatic nitrogens is 2. The molecule has 0 saturated carbocycles. The first-order chi connectivity index (χ1) is 15.0. The molecular formula is C23H20ClN3O2S2. The SMILES string of the molecule is CCCN1C(=O)/C(=C/c2cn(-c3ccccc3)nc2-c2ccc(OC)c(Cl)c2)SC1=S. The summed E-state index contributed by atoms with van der Waals surface area (Å²) >= 11 is 13.1. The summed E-state index contributed by atoms with van der Waals surface area (Å²) < 4.78 is 7.65. The van der Waals surface area contributed by atoms with Crippen LogP contribution in [0.2, 0.25) is 5.02 Å². The maximum absolute atomic E-state index is 12.9. The summed E-state index contributed by atoms with van der Waals surface area (Å²) in [6, 6.07) is 15.3. The molecule has 2 aromatic carbocycles. The van der Waals surface area contributed by atoms with Gasteiger partial charge in [0.25, 0.3) is 5.91 Å². The number of nitrogens with zero attached hydrogens (tertiary/aromatic N) is 3. The van der Waals surface area contributed by atoms with Crippen LogP contribution in [-0.4, -0.2) is 38.6 Å². The van der Waals surface area contributed by atoms with Crippen molar-refractivity contribution < 1.29 is 9.53 Å². The monoisotopic (exact) mass is 469 g/mol. The molecule has 158 valence electrons. The fourth-order valence-corrected chi connectivity index (χ4v) is 4.86. The Morgan fingerprint density at radius 3 is 2.68 bits per heavy atom. The molecule has 0 N–H and O–H groups in total. The summed E-state index contributed by atoms with van der Waals surface area (Å²) in [5.74, 6) is 0.526. The van der Waals surface area contributed by atoms with E-state index in [1.165, 1.54) is 11.8 Å². The minimum absolute atomic E-state index is 0.0666. The minimum Gasteiger partial charge on any atom is -0.495 e. The van der Waals surface area contributed by atoms with Gasteiger partial charge in [0.15, 0.2) is 0 Å². The zero-order valence-corrected chi connectivity index (χ0v) is 19.4. The lowest BCUT2D eigenvalue weighted by molar-refractivity contribution is -0.122. The Labute approximate surface area is 195 Å². The van der Waals surface area contributed by atoms with Crippen LogP contribution in [0.5, 0.6) is 5.75 Å². The van der Waals surface area contributed by atoms with Gasteiger partial charge in [-0.1, -0.05) is 60.7 Å². The number of methoxy groups -OCH3 is 1. The smallest absolute Gasteiger partial charge is 0.266 e. The van der Waals surface area contributed by atoms with Gasteiger partial charge in [0.1, 0.15) is 15.8 Å². The molecule has 1 aliphatic heterocycles. The molecule has 31 heavy (non-hydrogen) atoms. The molecule has 4 rings (SSSR count). The van der Waals surface area contributed by atoms with E-state index in [1.54, 1.807) is 16.7 Å². The first-order valence-corrected chi connectivity index (χ1v) is 11.4. The number of amides is 1. The summed E-state index contributed by atoms with van der Waals surface area (Å²) in [5, 5.41) is 5.29. The zero-order chi connectivity index (χ0) is 22.0. The Bertz CT molecular complexity index is 1170. The van der Waals surface area contributed by atoms with Crippen LogP contribution in [0.3, 0.4) is 0 Å². The lowest BCUT2D eigenvalue weighted by Crippen LogP contribution is -2.28. The molecule has 1 saturated heterocycles. The largest absolute Gasteiger partial charge is 0.495 e. The quantitative estimate of drug-likeness (QED) is 0.336. The van der Waals surface area contributed by atoms with E-state index in [1.807, 2.05) is 67.7 Å². The number of hydrogen-bond donors (Lipinski definition) is 0. The summed E-state index contributed by atoms with van der Waals surface area (Å²) in [7, 11) is 1.58. The van der Waals surface area contributed by atoms with E-state index in [-0.39, 0.29) is 5.91 Å². The molecule has 5 nitrogen and oxygen atoms in total. The number of thiocarbonyl (C=S) groups is 1. The molecule has 0 unspecified atom stereocenters. The number of hydrogen-bond acceptors (Lipinski definition) is 5. The number of thioether (sulfide) groups is 1. The van der Waals surface area contributed by atoms with Crippen LogP contribution in [0.25, 0.3) is 23.0 Å². The molecule has 2 heterocycles. The Hall–Kier alpha value is -2.61. The predicted molar refractivity (Wildman–Crippen MR) is 131 cm³/mol. The molecule has 3 aromatic rings. The molecule has 8 heteroatoms. The van der Waals surface area contributed by atoms with Gasteiger partial charge >= 0.3 is 0 Å². The first-order valence-electron chi connectivity index (χ1n) is 9.76. The average Bonchev–Trinajstić information content (AvgIpc) is 3.31. The summed E-state index contributed by atoms with van der Waals surface area (Å²) in [5.41, 5.74) is 3.27. The van der Waals surface area contributed by atoms with Crippen molar-refractivity contribution in [1.82, 2.24) is 14.7 Å². The Morgan fingerprint density at radius 2 is 2.00 bits per heavy atom. The fourth-order valence-electron chi connectivity index (χ4n) is 3.30. The van der Waals surface area contributed by atoms with Gasteiger partial charge in [-0.2, -0.15) is 5.10 Å². The molecular weight excluding hydrogens is 450 g/mol. The van der Waals surface area contributed by atoms with Crippen molar-refractivity contribution in [3.63, 3.8) is 0 Å². The van der Waals surface area contributed by atoms with Crippen LogP contribution in [0.1, 0.15) is 18.9 Å². The average molecular weight is 470 g/mol. The van der Waals surface area contributed by atoms with Crippen molar-refractivity contribution in [2.75, 3.05) is 13.7 Å². The van der Waals surface area contributed by atoms with Gasteiger partial charge in [-0.25, -0.2) is 4.68 Å². The molecule has 1 amide bonds. The van der Waals surface area contributed by atoms with E-state index in [0.717, 1.165) is 23.2 Å². The van der Waals surface area contributed by atoms with E-state index in [9.17, 15) is 4.79 Å². The van der Waals surface area contributed by atoms with Gasteiger partial charge in [-0.3, -0.25) is 9.69 Å². The third-order valence-corrected chi connectivity index (χ3v) is 6.47. The predicted octanol–water partition coefficient (Wildman–Crippen LogP) is 5.81. The van der Waals surface area contributed by atoms with E-state index in [4.69, 9.17) is 33.7 Å². The summed E-state index contributed by atoms with van der Waals surface area (Å²) in [6.45, 7) is 2.64. The van der Waals surface area contributed by atoms with Crippen molar-refractivity contribution >= 4 is 51.9 Å². The second-order valence-electron chi connectivity index (χ2n) is 6.90. The summed E-state index contributed by atoms with van der Waals surface area (Å²) in [6.07, 6.45) is 4.62. The molecule has 1 aliphatic rings. The van der Waals surface area contributed by atoms with Crippen molar-refractivity contribution in [1.29, 1.82) is 0 Å². The second-order valence-corrected chi connectivity index (χ2v) is 8.98. The molecule has 0 radical (unpaired) electrons. The lowest BCUT2D eigenvalue weighted by Gasteiger charge is -2.11. The van der Waals surface area contributed by atoms with Crippen LogP contribution in [0.4, 0.5) is 0 Å². The third kappa shape index (κ3) is 4.39. The van der Waals surface area contributed by atoms with Gasteiger partial charge < -0.3 is 4.74 Å². The van der Waals surface area contributed by atoms with E-state index in [2.05, 4.69) is 0 Å². The number of ether oxygens (including phenoxy) is 1. The number of para-hydroxylation sites is 1. The topological polar surface area (TPSA) is 47.4 Å². The first kappa shape index (κ1) is 21.6. The number of rotatable bonds is 6. The normalized spacial score (nSPS) is 15.2. The second kappa shape index (κ2) is 9.26. The van der Waals surface area contributed by atoms with Crippen molar-refractivity contribution in [2.45, 2.75) is 13.3 Å². The van der Waals surface area contributed by atoms with Crippen molar-refractivity contribution in [3.05, 3.63) is 70.2 Å². The van der Waals surface area contributed by atoms with Gasteiger partial charge in [0.2, 0.25) is 0 Å². The number of benzene rings is 2. The maximum atomic E-state index is 12.9. The van der Waals surface area contributed by atoms with Gasteiger partial charge in [-0.15, -0.1) is 0 Å². The van der Waals surface area contributed by atoms with E-state index in [0.29, 0.717) is 32.2 Å². The van der Waals surface area contributed by atoms with Crippen LogP contribution < -0.4 is 4.74 Å². The highest BCUT2D eigenvalue weighted by Crippen LogP contribution is 2.36. The minimum atomic E-state index is -0.0666. The third-order valence-electron chi connectivity index (χ3n) is 4.80. The highest BCUT2D eigenvalue weighted by Gasteiger charge is 2.31. The Balaban J connectivity index is 1.81. The van der Waals surface area contributed by atoms with Crippen LogP contribution >= 0.6 is 35.6 Å². The lowest BCUT2D eigenvalue weighted by atomic mass is 10.1. The fraction of sp³-hybridized carbons (Fsp3) is 0.174. The van der Waals surface area contributed by atoms with E-state index < -0.39 is 0 Å². The van der Waals surface area contributed by atoms with Crippen molar-refractivity contribution in [2.24, 2.45) is 0 Å². The van der Waals surface area contributed by atoms with Crippen LogP contribution in [-0.2, 0) is 4.79 Å². The number of halogens is 1. The molecule has 0 aliphatic carbocycles. The van der Waals surface area contributed by atoms with Gasteiger partial charge in [0, 0.05) is 23.9 Å². The number of carbonyl (C=O) groups excluding carboxylic acids is 1. The van der Waals surface area contributed by atoms with Gasteiger partial charge in [0.05, 0.1) is 22.7 Å². The zero-order valence-electron chi connectivity index (χ0n) is 17.0. The molecule has 1 aromatic heterocycles. The highest BCUT2D eigenvalue weighted by atomic mass is 35.5.